The molecule has 0 atom stereocenters. The molecule has 3 N–H and O–H groups in total. The second-order valence-electron chi connectivity index (χ2n) is 4.00. The lowest BCUT2D eigenvalue weighted by atomic mass is 10.2. The molecular formula is C10H13N5O3. The highest BCUT2D eigenvalue weighted by Crippen LogP contribution is 2.28. The maximum atomic E-state index is 11.0. The number of nitrogens with zero attached hydrogens (tertiary/aromatic N) is 4. The van der Waals surface area contributed by atoms with E-state index in [0.29, 0.717) is 5.82 Å². The largest absolute Gasteiger partial charge is 0.409 e. The molecular weight excluding hydrogens is 238 g/mol. The van der Waals surface area contributed by atoms with Crippen LogP contribution in [0, 0.1) is 10.1 Å². The van der Waals surface area contributed by atoms with Crippen LogP contribution in [0.3, 0.4) is 0 Å². The van der Waals surface area contributed by atoms with Gasteiger partial charge in [0.1, 0.15) is 0 Å². The van der Waals surface area contributed by atoms with Gasteiger partial charge in [-0.15, -0.1) is 0 Å². The molecule has 1 saturated heterocycles. The fraction of sp³-hybridized carbons (Fsp3) is 0.400. The molecule has 8 nitrogen and oxygen atoms in total. The first-order chi connectivity index (χ1) is 8.63. The molecule has 2 rings (SSSR count). The average Bonchev–Trinajstić information content (AvgIpc) is 2.90. The van der Waals surface area contributed by atoms with Gasteiger partial charge in [0.05, 0.1) is 4.92 Å². The number of oxime groups is 1. The van der Waals surface area contributed by atoms with Gasteiger partial charge >= 0.3 is 5.69 Å². The summed E-state index contributed by atoms with van der Waals surface area (Å²) in [6.07, 6.45) is 3.37. The minimum Gasteiger partial charge on any atom is -0.409 e. The van der Waals surface area contributed by atoms with Crippen molar-refractivity contribution >= 4 is 17.3 Å². The average molecular weight is 251 g/mol. The fourth-order valence-electron chi connectivity index (χ4n) is 1.95. The summed E-state index contributed by atoms with van der Waals surface area (Å²) in [5.41, 5.74) is 5.50. The predicted molar refractivity (Wildman–Crippen MR) is 64.8 cm³/mol. The molecule has 18 heavy (non-hydrogen) atoms. The third-order valence-corrected chi connectivity index (χ3v) is 2.85. The molecule has 0 aromatic carbocycles. The predicted octanol–water partition coefficient (Wildman–Crippen LogP) is 0.684. The zero-order valence-corrected chi connectivity index (χ0v) is 9.61. The van der Waals surface area contributed by atoms with Crippen molar-refractivity contribution in [3.05, 3.63) is 27.9 Å². The number of aromatic nitrogens is 1. The van der Waals surface area contributed by atoms with Crippen molar-refractivity contribution in [2.24, 2.45) is 10.9 Å². The number of anilines is 1. The number of pyridine rings is 1. The van der Waals surface area contributed by atoms with Crippen LogP contribution in [0.4, 0.5) is 11.5 Å². The Morgan fingerprint density at radius 2 is 2.22 bits per heavy atom. The molecule has 1 aliphatic heterocycles. The van der Waals surface area contributed by atoms with Gasteiger partial charge in [-0.3, -0.25) is 10.1 Å². The van der Waals surface area contributed by atoms with Gasteiger partial charge in [0.25, 0.3) is 0 Å². The summed E-state index contributed by atoms with van der Waals surface area (Å²) in [6.45, 7) is 1.52. The molecule has 0 aliphatic carbocycles. The molecule has 2 heterocycles. The minimum atomic E-state index is -0.505. The quantitative estimate of drug-likeness (QED) is 0.268. The second-order valence-corrected chi connectivity index (χ2v) is 4.00. The number of nitrogens with two attached hydrogens (primary N) is 1. The summed E-state index contributed by atoms with van der Waals surface area (Å²) < 4.78 is 0. The van der Waals surface area contributed by atoms with Gasteiger partial charge in [-0.2, -0.15) is 0 Å². The first-order valence-corrected chi connectivity index (χ1v) is 5.50. The fourth-order valence-corrected chi connectivity index (χ4v) is 1.95. The van der Waals surface area contributed by atoms with Crippen LogP contribution in [-0.4, -0.2) is 34.0 Å². The van der Waals surface area contributed by atoms with Crippen molar-refractivity contribution in [3.63, 3.8) is 0 Å². The highest BCUT2D eigenvalue weighted by Gasteiger charge is 2.24. The van der Waals surface area contributed by atoms with E-state index in [-0.39, 0.29) is 17.1 Å². The van der Waals surface area contributed by atoms with Gasteiger partial charge in [-0.05, 0) is 12.8 Å². The van der Waals surface area contributed by atoms with Crippen LogP contribution in [0.1, 0.15) is 18.4 Å². The van der Waals surface area contributed by atoms with Crippen molar-refractivity contribution in [3.8, 4) is 0 Å². The standard InChI is InChI=1S/C10H13N5O3/c11-9(13-16)7-5-8(15(17)18)10(12-6-7)14-3-1-2-4-14/h5-6,16H,1-4H2,(H2,11,13). The highest BCUT2D eigenvalue weighted by molar-refractivity contribution is 5.97. The zero-order chi connectivity index (χ0) is 13.1. The second kappa shape index (κ2) is 4.86. The Morgan fingerprint density at radius 3 is 2.78 bits per heavy atom. The van der Waals surface area contributed by atoms with Crippen molar-refractivity contribution in [2.75, 3.05) is 18.0 Å². The van der Waals surface area contributed by atoms with E-state index in [1.54, 1.807) is 0 Å². The first-order valence-electron chi connectivity index (χ1n) is 5.50. The molecule has 1 fully saturated rings. The molecule has 0 radical (unpaired) electrons. The van der Waals surface area contributed by atoms with Crippen molar-refractivity contribution < 1.29 is 10.1 Å². The molecule has 0 bridgehead atoms. The Bertz CT molecular complexity index is 496. The Balaban J connectivity index is 2.44. The van der Waals surface area contributed by atoms with Gasteiger partial charge in [0.15, 0.2) is 5.84 Å². The summed E-state index contributed by atoms with van der Waals surface area (Å²) in [6, 6.07) is 1.27. The summed E-state index contributed by atoms with van der Waals surface area (Å²) in [7, 11) is 0. The smallest absolute Gasteiger partial charge is 0.312 e. The van der Waals surface area contributed by atoms with Crippen LogP contribution in [0.25, 0.3) is 0 Å². The van der Waals surface area contributed by atoms with E-state index < -0.39 is 4.92 Å². The van der Waals surface area contributed by atoms with Gasteiger partial charge in [0, 0.05) is 30.9 Å². The maximum Gasteiger partial charge on any atom is 0.312 e. The number of hydrogen-bond donors (Lipinski definition) is 2. The number of amidine groups is 1. The van der Waals surface area contributed by atoms with Crippen LogP contribution in [0.5, 0.6) is 0 Å². The SMILES string of the molecule is NC(=NO)c1cnc(N2CCCC2)c([N+](=O)[O-])c1. The Morgan fingerprint density at radius 1 is 1.56 bits per heavy atom. The van der Waals surface area contributed by atoms with Gasteiger partial charge in [0.2, 0.25) is 5.82 Å². The van der Waals surface area contributed by atoms with E-state index in [2.05, 4.69) is 10.1 Å². The summed E-state index contributed by atoms with van der Waals surface area (Å²) in [4.78, 5) is 16.5. The molecule has 8 heteroatoms. The Labute approximate surface area is 103 Å². The molecule has 1 aliphatic rings. The van der Waals surface area contributed by atoms with Crippen LogP contribution in [-0.2, 0) is 0 Å². The molecule has 96 valence electrons. The van der Waals surface area contributed by atoms with E-state index in [9.17, 15) is 10.1 Å². The van der Waals surface area contributed by atoms with Crippen LogP contribution in [0.15, 0.2) is 17.4 Å². The van der Waals surface area contributed by atoms with Crippen molar-refractivity contribution in [2.45, 2.75) is 12.8 Å². The Hall–Kier alpha value is -2.38. The lowest BCUT2D eigenvalue weighted by Crippen LogP contribution is -2.21. The van der Waals surface area contributed by atoms with Crippen molar-refractivity contribution in [1.29, 1.82) is 0 Å². The molecule has 0 unspecified atom stereocenters. The van der Waals surface area contributed by atoms with Crippen molar-refractivity contribution in [1.82, 2.24) is 4.98 Å². The molecule has 1 aromatic heterocycles. The molecule has 1 aromatic rings. The first kappa shape index (κ1) is 12.1. The highest BCUT2D eigenvalue weighted by atomic mass is 16.6. The zero-order valence-electron chi connectivity index (χ0n) is 9.61. The Kier molecular flexibility index (Phi) is 3.26. The summed E-state index contributed by atoms with van der Waals surface area (Å²) in [5.74, 6) is 0.144. The van der Waals surface area contributed by atoms with E-state index in [1.165, 1.54) is 12.3 Å². The third-order valence-electron chi connectivity index (χ3n) is 2.85. The normalized spacial score (nSPS) is 16.0. The number of hydrogen-bond acceptors (Lipinski definition) is 6. The summed E-state index contributed by atoms with van der Waals surface area (Å²) >= 11 is 0. The minimum absolute atomic E-state index is 0.124. The molecule has 0 spiro atoms. The van der Waals surface area contributed by atoms with Crippen LogP contribution >= 0.6 is 0 Å². The van der Waals surface area contributed by atoms with E-state index in [1.807, 2.05) is 4.90 Å². The lowest BCUT2D eigenvalue weighted by Gasteiger charge is -2.16. The number of rotatable bonds is 3. The maximum absolute atomic E-state index is 11.0. The topological polar surface area (TPSA) is 118 Å². The van der Waals surface area contributed by atoms with Gasteiger partial charge in [-0.1, -0.05) is 5.16 Å². The molecule has 0 saturated carbocycles. The van der Waals surface area contributed by atoms with Crippen LogP contribution in [0.2, 0.25) is 0 Å². The lowest BCUT2D eigenvalue weighted by molar-refractivity contribution is -0.384. The van der Waals surface area contributed by atoms with Crippen LogP contribution < -0.4 is 10.6 Å². The number of nitro groups is 1. The monoisotopic (exact) mass is 251 g/mol. The van der Waals surface area contributed by atoms with E-state index >= 15 is 0 Å². The van der Waals surface area contributed by atoms with E-state index in [0.717, 1.165) is 25.9 Å². The van der Waals surface area contributed by atoms with Gasteiger partial charge in [-0.25, -0.2) is 4.98 Å². The van der Waals surface area contributed by atoms with E-state index in [4.69, 9.17) is 10.9 Å². The summed E-state index contributed by atoms with van der Waals surface area (Å²) in [5, 5.41) is 22.4. The van der Waals surface area contributed by atoms with Gasteiger partial charge < -0.3 is 15.8 Å². The third kappa shape index (κ3) is 2.17. The molecule has 0 amide bonds.